The van der Waals surface area contributed by atoms with E-state index in [0.717, 1.165) is 22.9 Å². The molecule has 0 radical (unpaired) electrons. The van der Waals surface area contributed by atoms with Crippen LogP contribution in [-0.4, -0.2) is 21.8 Å². The van der Waals surface area contributed by atoms with Crippen LogP contribution >= 0.6 is 0 Å². The minimum Gasteiger partial charge on any atom is -0.457 e. The number of carbonyl (C=O) groups excluding carboxylic acids is 2. The number of aryl methyl sites for hydroxylation is 1. The van der Waals surface area contributed by atoms with Crippen molar-refractivity contribution < 1.29 is 14.3 Å². The number of carbonyl (C=O) groups is 2. The van der Waals surface area contributed by atoms with Crippen LogP contribution in [0.15, 0.2) is 85.7 Å². The van der Waals surface area contributed by atoms with Crippen molar-refractivity contribution in [2.24, 2.45) is 0 Å². The van der Waals surface area contributed by atoms with E-state index in [1.165, 1.54) is 6.08 Å². The number of benzene rings is 2. The van der Waals surface area contributed by atoms with Crippen LogP contribution in [0.25, 0.3) is 10.9 Å². The van der Waals surface area contributed by atoms with Crippen molar-refractivity contribution >= 4 is 34.2 Å². The standard InChI is InChI=1S/C26H22N4O3/c1-3-17-5-12-24(28-16-17)30-26(32)18-6-9-20(10-7-18)33-23-13-14-27-22-11-8-19(15-21(22)23)29-25(31)4-2/h4-16H,2-3H2,1H3,(H,29,31)(H,28,30,32). The second-order valence-corrected chi connectivity index (χ2v) is 7.22. The van der Waals surface area contributed by atoms with Gasteiger partial charge in [-0.2, -0.15) is 0 Å². The Balaban J connectivity index is 1.50. The topological polar surface area (TPSA) is 93.2 Å². The van der Waals surface area contributed by atoms with E-state index in [-0.39, 0.29) is 11.8 Å². The van der Waals surface area contributed by atoms with Crippen LogP contribution in [0, 0.1) is 0 Å². The molecule has 7 nitrogen and oxygen atoms in total. The van der Waals surface area contributed by atoms with Crippen molar-refractivity contribution in [1.82, 2.24) is 9.97 Å². The lowest BCUT2D eigenvalue weighted by molar-refractivity contribution is -0.111. The summed E-state index contributed by atoms with van der Waals surface area (Å²) in [5.74, 6) is 1.08. The largest absolute Gasteiger partial charge is 0.457 e. The van der Waals surface area contributed by atoms with Crippen LogP contribution in [0.4, 0.5) is 11.5 Å². The van der Waals surface area contributed by atoms with E-state index in [0.29, 0.717) is 28.6 Å². The molecule has 0 aliphatic heterocycles. The average molecular weight is 438 g/mol. The van der Waals surface area contributed by atoms with Gasteiger partial charge >= 0.3 is 0 Å². The SMILES string of the molecule is C=CC(=O)Nc1ccc2nccc(Oc3ccc(C(=O)Nc4ccc(CC)cn4)cc3)c2c1. The maximum Gasteiger partial charge on any atom is 0.256 e. The molecule has 2 aromatic carbocycles. The van der Waals surface area contributed by atoms with Gasteiger partial charge in [-0.1, -0.05) is 19.6 Å². The number of nitrogens with one attached hydrogen (secondary N) is 2. The molecule has 0 aliphatic rings. The summed E-state index contributed by atoms with van der Waals surface area (Å²) in [5.41, 5.74) is 2.92. The summed E-state index contributed by atoms with van der Waals surface area (Å²) >= 11 is 0. The molecule has 4 rings (SSSR count). The first kappa shape index (κ1) is 21.7. The molecular formula is C26H22N4O3. The summed E-state index contributed by atoms with van der Waals surface area (Å²) in [7, 11) is 0. The number of aromatic nitrogens is 2. The molecule has 33 heavy (non-hydrogen) atoms. The molecule has 0 bridgehead atoms. The molecule has 0 saturated carbocycles. The Labute approximate surface area is 191 Å². The molecule has 0 saturated heterocycles. The fraction of sp³-hybridized carbons (Fsp3) is 0.0769. The minimum absolute atomic E-state index is 0.254. The van der Waals surface area contributed by atoms with Crippen LogP contribution < -0.4 is 15.4 Å². The maximum atomic E-state index is 12.5. The van der Waals surface area contributed by atoms with Gasteiger partial charge in [-0.25, -0.2) is 4.98 Å². The van der Waals surface area contributed by atoms with Crippen molar-refractivity contribution in [2.45, 2.75) is 13.3 Å². The van der Waals surface area contributed by atoms with E-state index in [9.17, 15) is 9.59 Å². The van der Waals surface area contributed by atoms with Crippen molar-refractivity contribution in [3.63, 3.8) is 0 Å². The minimum atomic E-state index is -0.300. The number of nitrogens with zero attached hydrogens (tertiary/aromatic N) is 2. The van der Waals surface area contributed by atoms with E-state index >= 15 is 0 Å². The molecule has 2 N–H and O–H groups in total. The van der Waals surface area contributed by atoms with Gasteiger partial charge in [0.2, 0.25) is 5.91 Å². The predicted molar refractivity (Wildman–Crippen MR) is 129 cm³/mol. The fourth-order valence-electron chi connectivity index (χ4n) is 3.18. The fourth-order valence-corrected chi connectivity index (χ4v) is 3.18. The lowest BCUT2D eigenvalue weighted by atomic mass is 10.1. The van der Waals surface area contributed by atoms with Gasteiger partial charge in [-0.3, -0.25) is 14.6 Å². The number of hydrogen-bond donors (Lipinski definition) is 2. The summed E-state index contributed by atoms with van der Waals surface area (Å²) in [6.45, 7) is 5.51. The summed E-state index contributed by atoms with van der Waals surface area (Å²) in [6.07, 6.45) is 5.50. The van der Waals surface area contributed by atoms with Crippen molar-refractivity contribution in [3.8, 4) is 11.5 Å². The first-order valence-electron chi connectivity index (χ1n) is 10.4. The van der Waals surface area contributed by atoms with E-state index in [1.54, 1.807) is 67.0 Å². The number of ether oxygens (including phenoxy) is 1. The van der Waals surface area contributed by atoms with Gasteiger partial charge in [0, 0.05) is 29.0 Å². The highest BCUT2D eigenvalue weighted by Gasteiger charge is 2.10. The molecule has 2 amide bonds. The lowest BCUT2D eigenvalue weighted by Crippen LogP contribution is -2.12. The van der Waals surface area contributed by atoms with Crippen molar-refractivity contribution in [1.29, 1.82) is 0 Å². The number of rotatable bonds is 7. The van der Waals surface area contributed by atoms with Crippen LogP contribution in [0.3, 0.4) is 0 Å². The highest BCUT2D eigenvalue weighted by atomic mass is 16.5. The number of pyridine rings is 2. The van der Waals surface area contributed by atoms with Gasteiger partial charge < -0.3 is 15.4 Å². The Kier molecular flexibility index (Phi) is 6.40. The van der Waals surface area contributed by atoms with Crippen molar-refractivity contribution in [2.75, 3.05) is 10.6 Å². The highest BCUT2D eigenvalue weighted by molar-refractivity contribution is 6.04. The molecule has 0 unspecified atom stereocenters. The van der Waals surface area contributed by atoms with Crippen molar-refractivity contribution in [3.05, 3.63) is 96.8 Å². The van der Waals surface area contributed by atoms with Crippen LogP contribution in [0.1, 0.15) is 22.8 Å². The van der Waals surface area contributed by atoms with E-state index in [4.69, 9.17) is 4.74 Å². The number of fused-ring (bicyclic) bond motifs is 1. The second-order valence-electron chi connectivity index (χ2n) is 7.22. The second kappa shape index (κ2) is 9.74. The Morgan fingerprint density at radius 1 is 1.00 bits per heavy atom. The first-order chi connectivity index (χ1) is 16.1. The third-order valence-corrected chi connectivity index (χ3v) is 4.97. The van der Waals surface area contributed by atoms with Gasteiger partial charge in [0.05, 0.1) is 5.52 Å². The zero-order valence-electron chi connectivity index (χ0n) is 18.0. The number of anilines is 2. The smallest absolute Gasteiger partial charge is 0.256 e. The molecular weight excluding hydrogens is 416 g/mol. The Morgan fingerprint density at radius 3 is 2.52 bits per heavy atom. The van der Waals surface area contributed by atoms with Crippen LogP contribution in [-0.2, 0) is 11.2 Å². The lowest BCUT2D eigenvalue weighted by Gasteiger charge is -2.11. The molecule has 0 atom stereocenters. The third-order valence-electron chi connectivity index (χ3n) is 4.97. The van der Waals surface area contributed by atoms with Crippen LogP contribution in [0.5, 0.6) is 11.5 Å². The van der Waals surface area contributed by atoms with Gasteiger partial charge in [-0.05, 0) is 72.7 Å². The van der Waals surface area contributed by atoms with E-state index < -0.39 is 0 Å². The third kappa shape index (κ3) is 5.22. The van der Waals surface area contributed by atoms with Crippen LogP contribution in [0.2, 0.25) is 0 Å². The molecule has 2 aromatic heterocycles. The Bertz CT molecular complexity index is 1320. The van der Waals surface area contributed by atoms with E-state index in [1.807, 2.05) is 13.0 Å². The molecule has 4 aromatic rings. The molecule has 2 heterocycles. The Hall–Kier alpha value is -4.52. The molecule has 0 spiro atoms. The first-order valence-corrected chi connectivity index (χ1v) is 10.4. The van der Waals surface area contributed by atoms with Gasteiger partial charge in [0.15, 0.2) is 0 Å². The Morgan fingerprint density at radius 2 is 1.82 bits per heavy atom. The number of hydrogen-bond acceptors (Lipinski definition) is 5. The summed E-state index contributed by atoms with van der Waals surface area (Å²) < 4.78 is 6.04. The monoisotopic (exact) mass is 438 g/mol. The van der Waals surface area contributed by atoms with Gasteiger partial charge in [0.1, 0.15) is 17.3 Å². The zero-order chi connectivity index (χ0) is 23.2. The summed E-state index contributed by atoms with van der Waals surface area (Å²) in [5, 5.41) is 6.26. The molecule has 164 valence electrons. The molecule has 0 aliphatic carbocycles. The molecule has 7 heteroatoms. The quantitative estimate of drug-likeness (QED) is 0.379. The average Bonchev–Trinajstić information content (AvgIpc) is 2.85. The number of amides is 2. The van der Waals surface area contributed by atoms with Gasteiger partial charge in [-0.15, -0.1) is 0 Å². The van der Waals surface area contributed by atoms with E-state index in [2.05, 4.69) is 27.2 Å². The van der Waals surface area contributed by atoms with Gasteiger partial charge in [0.25, 0.3) is 5.91 Å². The summed E-state index contributed by atoms with van der Waals surface area (Å²) in [6, 6.07) is 17.6. The zero-order valence-corrected chi connectivity index (χ0v) is 18.0. The summed E-state index contributed by atoms with van der Waals surface area (Å²) in [4.78, 5) is 32.7. The maximum absolute atomic E-state index is 12.5. The normalized spacial score (nSPS) is 10.5. The predicted octanol–water partition coefficient (Wildman–Crippen LogP) is 5.36. The molecule has 0 fully saturated rings. The highest BCUT2D eigenvalue weighted by Crippen LogP contribution is 2.31.